The summed E-state index contributed by atoms with van der Waals surface area (Å²) in [7, 11) is 1.61. The van der Waals surface area contributed by atoms with E-state index >= 15 is 0 Å². The quantitative estimate of drug-likeness (QED) is 0.556. The normalized spacial score (nSPS) is 20.7. The first-order chi connectivity index (χ1) is 16.0. The minimum Gasteiger partial charge on any atom is -0.487 e. The fourth-order valence-corrected chi connectivity index (χ4v) is 5.37. The lowest BCUT2D eigenvalue weighted by Gasteiger charge is -2.37. The molecule has 0 saturated heterocycles. The fourth-order valence-electron chi connectivity index (χ4n) is 3.54. The van der Waals surface area contributed by atoms with Gasteiger partial charge < -0.3 is 20.1 Å². The highest BCUT2D eigenvalue weighted by molar-refractivity contribution is 7.89. The molecule has 0 fully saturated rings. The van der Waals surface area contributed by atoms with Gasteiger partial charge in [0, 0.05) is 37.7 Å². The summed E-state index contributed by atoms with van der Waals surface area (Å²) in [6.07, 6.45) is 0.359. The smallest absolute Gasteiger partial charge is 0.317 e. The first-order valence-electron chi connectivity index (χ1n) is 11.6. The Balaban J connectivity index is 2.48. The number of nitrogens with zero attached hydrogens (tertiary/aromatic N) is 3. The molecule has 2 amide bonds. The van der Waals surface area contributed by atoms with Gasteiger partial charge in [-0.15, -0.1) is 0 Å². The summed E-state index contributed by atoms with van der Waals surface area (Å²) in [5.74, 6) is 6.05. The number of hydrogen-bond acceptors (Lipinski definition) is 6. The summed E-state index contributed by atoms with van der Waals surface area (Å²) in [5.41, 5.74) is 0.638. The van der Waals surface area contributed by atoms with Crippen LogP contribution in [0.1, 0.15) is 32.8 Å². The van der Waals surface area contributed by atoms with Crippen molar-refractivity contribution < 1.29 is 23.1 Å². The largest absolute Gasteiger partial charge is 0.487 e. The van der Waals surface area contributed by atoms with Crippen LogP contribution < -0.4 is 10.1 Å². The number of hydrogen-bond donors (Lipinski definition) is 2. The SMILES string of the molecule is CCCNC(=O)N(C)C[C@@H]1Oc2cc(C#CCN(C)C)ccc2S(=O)(=O)N([C@H](C)CO)C[C@@H]1C. The number of rotatable bonds is 7. The number of sulfonamides is 1. The molecule has 1 heterocycles. The zero-order valence-corrected chi connectivity index (χ0v) is 21.9. The van der Waals surface area contributed by atoms with Gasteiger partial charge >= 0.3 is 6.03 Å². The first-order valence-corrected chi connectivity index (χ1v) is 13.0. The van der Waals surface area contributed by atoms with Crippen molar-refractivity contribution in [2.75, 3.05) is 53.9 Å². The number of aliphatic hydroxyl groups is 1. The third-order valence-electron chi connectivity index (χ3n) is 5.62. The monoisotopic (exact) mass is 494 g/mol. The van der Waals surface area contributed by atoms with E-state index < -0.39 is 22.2 Å². The average Bonchev–Trinajstić information content (AvgIpc) is 2.78. The first kappa shape index (κ1) is 27.9. The van der Waals surface area contributed by atoms with E-state index in [1.807, 2.05) is 32.8 Å². The Kier molecular flexibility index (Phi) is 10.2. The zero-order valence-electron chi connectivity index (χ0n) is 21.0. The number of benzene rings is 1. The zero-order chi connectivity index (χ0) is 25.5. The van der Waals surface area contributed by atoms with Crippen LogP contribution in [0.4, 0.5) is 4.79 Å². The Hall–Kier alpha value is -2.32. The maximum absolute atomic E-state index is 13.5. The van der Waals surface area contributed by atoms with E-state index in [4.69, 9.17) is 4.74 Å². The van der Waals surface area contributed by atoms with Crippen molar-refractivity contribution in [2.24, 2.45) is 5.92 Å². The highest BCUT2D eigenvalue weighted by Crippen LogP contribution is 2.34. The maximum atomic E-state index is 13.5. The average molecular weight is 495 g/mol. The van der Waals surface area contributed by atoms with Gasteiger partial charge in [-0.05, 0) is 45.6 Å². The number of aliphatic hydroxyl groups excluding tert-OH is 1. The highest BCUT2D eigenvalue weighted by Gasteiger charge is 2.38. The lowest BCUT2D eigenvalue weighted by atomic mass is 10.0. The van der Waals surface area contributed by atoms with Crippen molar-refractivity contribution in [3.63, 3.8) is 0 Å². The molecule has 190 valence electrons. The summed E-state index contributed by atoms with van der Waals surface area (Å²) in [4.78, 5) is 15.9. The molecular weight excluding hydrogens is 456 g/mol. The van der Waals surface area contributed by atoms with Crippen LogP contribution in [0.2, 0.25) is 0 Å². The molecule has 0 bridgehead atoms. The summed E-state index contributed by atoms with van der Waals surface area (Å²) >= 11 is 0. The van der Waals surface area contributed by atoms with Crippen LogP contribution in [0, 0.1) is 17.8 Å². The van der Waals surface area contributed by atoms with Gasteiger partial charge in [-0.3, -0.25) is 4.90 Å². The van der Waals surface area contributed by atoms with E-state index in [1.54, 1.807) is 31.0 Å². The summed E-state index contributed by atoms with van der Waals surface area (Å²) in [5, 5.41) is 12.6. The number of carbonyl (C=O) groups is 1. The molecule has 2 rings (SSSR count). The Labute approximate surface area is 204 Å². The number of urea groups is 1. The molecule has 9 nitrogen and oxygen atoms in total. The van der Waals surface area contributed by atoms with Crippen LogP contribution in [-0.4, -0.2) is 99.7 Å². The van der Waals surface area contributed by atoms with Gasteiger partial charge in [0.25, 0.3) is 0 Å². The number of fused-ring (bicyclic) bond motifs is 1. The van der Waals surface area contributed by atoms with Crippen molar-refractivity contribution in [1.82, 2.24) is 19.4 Å². The molecule has 0 aliphatic carbocycles. The van der Waals surface area contributed by atoms with Crippen LogP contribution in [0.3, 0.4) is 0 Å². The molecule has 1 aliphatic heterocycles. The number of likely N-dealkylation sites (N-methyl/N-ethyl adjacent to an activating group) is 1. The molecule has 34 heavy (non-hydrogen) atoms. The molecular formula is C24H38N4O5S. The van der Waals surface area contributed by atoms with Crippen LogP contribution in [0.15, 0.2) is 23.1 Å². The van der Waals surface area contributed by atoms with E-state index in [9.17, 15) is 18.3 Å². The number of ether oxygens (including phenoxy) is 1. The lowest BCUT2D eigenvalue weighted by Crippen LogP contribution is -2.51. The number of carbonyl (C=O) groups excluding carboxylic acids is 1. The minimum absolute atomic E-state index is 0.0287. The topological polar surface area (TPSA) is 102 Å². The van der Waals surface area contributed by atoms with Crippen LogP contribution in [-0.2, 0) is 10.0 Å². The summed E-state index contributed by atoms with van der Waals surface area (Å²) in [6.45, 7) is 6.80. The molecule has 0 unspecified atom stereocenters. The highest BCUT2D eigenvalue weighted by atomic mass is 32.2. The van der Waals surface area contributed by atoms with Gasteiger partial charge in [-0.2, -0.15) is 4.31 Å². The molecule has 2 N–H and O–H groups in total. The van der Waals surface area contributed by atoms with Crippen molar-refractivity contribution in [3.8, 4) is 17.6 Å². The van der Waals surface area contributed by atoms with E-state index in [1.165, 1.54) is 10.4 Å². The third-order valence-corrected chi connectivity index (χ3v) is 7.64. The van der Waals surface area contributed by atoms with Crippen molar-refractivity contribution in [1.29, 1.82) is 0 Å². The second kappa shape index (κ2) is 12.4. The number of nitrogens with one attached hydrogen (secondary N) is 1. The Morgan fingerprint density at radius 2 is 2.06 bits per heavy atom. The standard InChI is InChI=1S/C24H38N4O5S/c1-7-12-25-24(30)27(6)16-22-18(2)15-28(19(3)17-29)34(31,32)23-11-10-20(14-21(23)33-22)9-8-13-26(4)5/h10-11,14,18-19,22,29H,7,12-13,15-17H2,1-6H3,(H,25,30)/t18-,19+,22-/m0/s1. The molecule has 1 aromatic carbocycles. The summed E-state index contributed by atoms with van der Waals surface area (Å²) in [6, 6.07) is 3.99. The molecule has 0 radical (unpaired) electrons. The van der Waals surface area contributed by atoms with Crippen LogP contribution >= 0.6 is 0 Å². The Morgan fingerprint density at radius 1 is 1.35 bits per heavy atom. The maximum Gasteiger partial charge on any atom is 0.317 e. The van der Waals surface area contributed by atoms with E-state index in [0.29, 0.717) is 18.7 Å². The van der Waals surface area contributed by atoms with E-state index in [2.05, 4.69) is 17.2 Å². The predicted octanol–water partition coefficient (Wildman–Crippen LogP) is 1.42. The van der Waals surface area contributed by atoms with Crippen molar-refractivity contribution in [3.05, 3.63) is 23.8 Å². The third kappa shape index (κ3) is 7.09. The molecule has 1 aliphatic rings. The molecule has 1 aromatic rings. The second-order valence-corrected chi connectivity index (χ2v) is 10.9. The van der Waals surface area contributed by atoms with Crippen LogP contribution in [0.5, 0.6) is 5.75 Å². The van der Waals surface area contributed by atoms with Gasteiger partial charge in [-0.1, -0.05) is 25.7 Å². The van der Waals surface area contributed by atoms with Gasteiger partial charge in [0.05, 0.1) is 19.7 Å². The van der Waals surface area contributed by atoms with Gasteiger partial charge in [0.2, 0.25) is 10.0 Å². The molecule has 0 aromatic heterocycles. The van der Waals surface area contributed by atoms with Crippen molar-refractivity contribution in [2.45, 2.75) is 44.2 Å². The molecule has 3 atom stereocenters. The number of amides is 2. The van der Waals surface area contributed by atoms with E-state index in [-0.39, 0.29) is 42.3 Å². The lowest BCUT2D eigenvalue weighted by molar-refractivity contribution is 0.0812. The summed E-state index contributed by atoms with van der Waals surface area (Å²) < 4.78 is 34.6. The van der Waals surface area contributed by atoms with Gasteiger partial charge in [0.1, 0.15) is 16.7 Å². The molecule has 0 spiro atoms. The Morgan fingerprint density at radius 3 is 2.68 bits per heavy atom. The second-order valence-electron chi connectivity index (χ2n) is 9.05. The predicted molar refractivity (Wildman–Crippen MR) is 132 cm³/mol. The minimum atomic E-state index is -3.92. The fraction of sp³-hybridized carbons (Fsp3) is 0.625. The molecule has 0 saturated carbocycles. The van der Waals surface area contributed by atoms with Gasteiger partial charge in [0.15, 0.2) is 0 Å². The van der Waals surface area contributed by atoms with Crippen LogP contribution in [0.25, 0.3) is 0 Å². The van der Waals surface area contributed by atoms with Crippen molar-refractivity contribution >= 4 is 16.1 Å². The van der Waals surface area contributed by atoms with E-state index in [0.717, 1.165) is 6.42 Å². The Bertz CT molecular complexity index is 1000. The molecule has 10 heteroatoms. The van der Waals surface area contributed by atoms with Gasteiger partial charge in [-0.25, -0.2) is 13.2 Å².